The molecule has 2 aromatic heterocycles. The summed E-state index contributed by atoms with van der Waals surface area (Å²) in [4.78, 5) is 17.0. The fourth-order valence-electron chi connectivity index (χ4n) is 3.07. The number of aromatic nitrogens is 3. The third-order valence-electron chi connectivity index (χ3n) is 4.33. The first-order chi connectivity index (χ1) is 10.6. The van der Waals surface area contributed by atoms with Crippen LogP contribution in [0.5, 0.6) is 0 Å². The van der Waals surface area contributed by atoms with Crippen LogP contribution >= 0.6 is 0 Å². The second kappa shape index (κ2) is 5.82. The smallest absolute Gasteiger partial charge is 0.407 e. The number of piperidine rings is 1. The van der Waals surface area contributed by atoms with E-state index in [1.54, 1.807) is 0 Å². The van der Waals surface area contributed by atoms with Crippen LogP contribution in [0.3, 0.4) is 0 Å². The highest BCUT2D eigenvalue weighted by Crippen LogP contribution is 2.27. The molecule has 0 unspecified atom stereocenters. The zero-order valence-corrected chi connectivity index (χ0v) is 12.9. The fourth-order valence-corrected chi connectivity index (χ4v) is 3.07. The summed E-state index contributed by atoms with van der Waals surface area (Å²) in [5, 5.41) is 16.9. The van der Waals surface area contributed by atoms with Gasteiger partial charge in [-0.15, -0.1) is 0 Å². The average molecular weight is 303 g/mol. The van der Waals surface area contributed by atoms with Crippen LogP contribution in [-0.2, 0) is 6.42 Å². The van der Waals surface area contributed by atoms with Gasteiger partial charge in [-0.1, -0.05) is 6.92 Å². The molecule has 22 heavy (non-hydrogen) atoms. The van der Waals surface area contributed by atoms with Crippen LogP contribution in [0.25, 0.3) is 5.65 Å². The van der Waals surface area contributed by atoms with Gasteiger partial charge in [-0.2, -0.15) is 9.61 Å². The van der Waals surface area contributed by atoms with E-state index in [0.29, 0.717) is 19.0 Å². The van der Waals surface area contributed by atoms with Crippen molar-refractivity contribution < 1.29 is 9.90 Å². The Kier molecular flexibility index (Phi) is 3.87. The van der Waals surface area contributed by atoms with Gasteiger partial charge in [0.2, 0.25) is 0 Å². The molecule has 1 fully saturated rings. The number of amides is 1. The Morgan fingerprint density at radius 3 is 2.73 bits per heavy atom. The molecule has 2 N–H and O–H groups in total. The fraction of sp³-hybridized carbons (Fsp3) is 0.533. The van der Waals surface area contributed by atoms with Gasteiger partial charge in [-0.25, -0.2) is 9.78 Å². The van der Waals surface area contributed by atoms with Crippen molar-refractivity contribution in [2.45, 2.75) is 32.1 Å². The molecule has 0 atom stereocenters. The number of carboxylic acid groups (broad SMARTS) is 1. The van der Waals surface area contributed by atoms with Gasteiger partial charge in [-0.05, 0) is 31.4 Å². The van der Waals surface area contributed by atoms with Crippen LogP contribution in [0.1, 0.15) is 37.1 Å². The number of anilines is 1. The number of hydrogen-bond acceptors (Lipinski definition) is 4. The molecule has 0 radical (unpaired) electrons. The molecule has 7 nitrogen and oxygen atoms in total. The molecule has 0 bridgehead atoms. The molecule has 0 spiro atoms. The maximum Gasteiger partial charge on any atom is 0.407 e. The normalized spacial score (nSPS) is 16.2. The number of nitrogens with zero attached hydrogens (tertiary/aromatic N) is 4. The summed E-state index contributed by atoms with van der Waals surface area (Å²) in [6.07, 6.45) is 1.65. The largest absolute Gasteiger partial charge is 0.465 e. The predicted molar refractivity (Wildman–Crippen MR) is 83.5 cm³/mol. The molecule has 1 aliphatic heterocycles. The van der Waals surface area contributed by atoms with Crippen molar-refractivity contribution in [1.82, 2.24) is 19.5 Å². The van der Waals surface area contributed by atoms with Crippen LogP contribution in [0.2, 0.25) is 0 Å². The van der Waals surface area contributed by atoms with E-state index >= 15 is 0 Å². The van der Waals surface area contributed by atoms with Crippen molar-refractivity contribution >= 4 is 17.6 Å². The van der Waals surface area contributed by atoms with E-state index in [-0.39, 0.29) is 0 Å². The number of aryl methyl sites for hydroxylation is 1. The highest BCUT2D eigenvalue weighted by atomic mass is 16.4. The Bertz CT molecular complexity index is 689. The second-order valence-corrected chi connectivity index (χ2v) is 5.58. The zero-order chi connectivity index (χ0) is 15.7. The van der Waals surface area contributed by atoms with E-state index < -0.39 is 6.09 Å². The molecule has 1 amide bonds. The summed E-state index contributed by atoms with van der Waals surface area (Å²) in [6, 6.07) is 4.01. The van der Waals surface area contributed by atoms with Crippen molar-refractivity contribution in [2.24, 2.45) is 0 Å². The molecule has 0 aromatic carbocycles. The monoisotopic (exact) mass is 303 g/mol. The first kappa shape index (κ1) is 14.6. The van der Waals surface area contributed by atoms with Crippen LogP contribution in [0, 0.1) is 0 Å². The maximum absolute atomic E-state index is 11.0. The zero-order valence-electron chi connectivity index (χ0n) is 12.9. The Balaban J connectivity index is 1.87. The molecule has 1 aliphatic rings. The first-order valence-corrected chi connectivity index (χ1v) is 7.68. The lowest BCUT2D eigenvalue weighted by molar-refractivity contribution is 0.131. The number of rotatable bonds is 3. The summed E-state index contributed by atoms with van der Waals surface area (Å²) in [6.45, 7) is 3.22. The molecule has 0 saturated carbocycles. The van der Waals surface area contributed by atoms with Crippen molar-refractivity contribution in [3.05, 3.63) is 23.5 Å². The highest BCUT2D eigenvalue weighted by molar-refractivity contribution is 5.65. The summed E-state index contributed by atoms with van der Waals surface area (Å²) in [5.74, 6) is 1.24. The average Bonchev–Trinajstić information content (AvgIpc) is 2.91. The van der Waals surface area contributed by atoms with Gasteiger partial charge >= 0.3 is 6.09 Å². The lowest BCUT2D eigenvalue weighted by Crippen LogP contribution is -2.37. The summed E-state index contributed by atoms with van der Waals surface area (Å²) in [7, 11) is 1.88. The third-order valence-corrected chi connectivity index (χ3v) is 4.33. The van der Waals surface area contributed by atoms with Crippen LogP contribution in [-0.4, -0.2) is 50.8 Å². The van der Waals surface area contributed by atoms with Crippen molar-refractivity contribution in [3.8, 4) is 0 Å². The summed E-state index contributed by atoms with van der Waals surface area (Å²) in [5.41, 5.74) is 2.86. The van der Waals surface area contributed by atoms with Gasteiger partial charge in [0.1, 0.15) is 0 Å². The number of fused-ring (bicyclic) bond motifs is 1. The molecular weight excluding hydrogens is 282 g/mol. The molecule has 7 heteroatoms. The lowest BCUT2D eigenvalue weighted by Gasteiger charge is -2.29. The van der Waals surface area contributed by atoms with Gasteiger partial charge in [0.05, 0.1) is 11.4 Å². The minimum atomic E-state index is -0.832. The Morgan fingerprint density at radius 2 is 2.14 bits per heavy atom. The minimum absolute atomic E-state index is 0.303. The Labute approximate surface area is 129 Å². The minimum Gasteiger partial charge on any atom is -0.465 e. The molecule has 0 aliphatic carbocycles. The van der Waals surface area contributed by atoms with Crippen LogP contribution < -0.4 is 5.32 Å². The number of hydrogen-bond donors (Lipinski definition) is 2. The van der Waals surface area contributed by atoms with Gasteiger partial charge in [0.15, 0.2) is 11.5 Å². The second-order valence-electron chi connectivity index (χ2n) is 5.58. The van der Waals surface area contributed by atoms with E-state index in [2.05, 4.69) is 17.2 Å². The topological polar surface area (TPSA) is 82.8 Å². The molecular formula is C15H21N5O2. The van der Waals surface area contributed by atoms with Gasteiger partial charge in [0.25, 0.3) is 0 Å². The molecule has 3 rings (SSSR count). The third kappa shape index (κ3) is 2.47. The predicted octanol–water partition coefficient (Wildman–Crippen LogP) is 2.19. The van der Waals surface area contributed by atoms with Crippen molar-refractivity contribution in [2.75, 3.05) is 25.5 Å². The lowest BCUT2D eigenvalue weighted by atomic mass is 9.93. The van der Waals surface area contributed by atoms with Crippen molar-refractivity contribution in [1.29, 1.82) is 0 Å². The van der Waals surface area contributed by atoms with E-state index in [1.165, 1.54) is 4.90 Å². The van der Waals surface area contributed by atoms with Crippen LogP contribution in [0.4, 0.5) is 10.6 Å². The SMILES string of the molecule is CCc1nc2ccc(C3CCN(C(=O)O)CC3)nn2c1NC. The quantitative estimate of drug-likeness (QED) is 0.908. The maximum atomic E-state index is 11.0. The standard InChI is InChI=1S/C15H21N5O2/c1-3-11-14(16-2)20-13(17-11)5-4-12(18-20)10-6-8-19(9-7-10)15(21)22/h4-5,10,16H,3,6-9H2,1-2H3,(H,21,22). The number of likely N-dealkylation sites (tertiary alicyclic amines) is 1. The number of imidazole rings is 1. The molecule has 1 saturated heterocycles. The number of nitrogens with one attached hydrogen (secondary N) is 1. The van der Waals surface area contributed by atoms with Crippen LogP contribution in [0.15, 0.2) is 12.1 Å². The van der Waals surface area contributed by atoms with E-state index in [4.69, 9.17) is 10.2 Å². The Hall–Kier alpha value is -2.31. The molecule has 3 heterocycles. The van der Waals surface area contributed by atoms with Crippen molar-refractivity contribution in [3.63, 3.8) is 0 Å². The Morgan fingerprint density at radius 1 is 1.41 bits per heavy atom. The van der Waals surface area contributed by atoms with E-state index in [1.807, 2.05) is 23.7 Å². The molecule has 118 valence electrons. The molecule has 2 aromatic rings. The van der Waals surface area contributed by atoms with Gasteiger partial charge in [0, 0.05) is 26.1 Å². The highest BCUT2D eigenvalue weighted by Gasteiger charge is 2.25. The van der Waals surface area contributed by atoms with Gasteiger partial charge < -0.3 is 15.3 Å². The summed E-state index contributed by atoms with van der Waals surface area (Å²) < 4.78 is 1.86. The van der Waals surface area contributed by atoms with E-state index in [9.17, 15) is 4.79 Å². The van der Waals surface area contributed by atoms with Gasteiger partial charge in [-0.3, -0.25) is 0 Å². The number of carbonyl (C=O) groups is 1. The first-order valence-electron chi connectivity index (χ1n) is 7.68. The summed E-state index contributed by atoms with van der Waals surface area (Å²) >= 11 is 0. The van der Waals surface area contributed by atoms with E-state index in [0.717, 1.165) is 42.1 Å².